The van der Waals surface area contributed by atoms with Crippen LogP contribution in [0.15, 0.2) is 36.4 Å². The normalized spacial score (nSPS) is 14.6. The van der Waals surface area contributed by atoms with Crippen molar-refractivity contribution in [1.82, 2.24) is 20.9 Å². The number of hydrogen-bond donors (Lipinski definition) is 6. The molecule has 15 nitrogen and oxygen atoms in total. The lowest BCUT2D eigenvalue weighted by Gasteiger charge is -2.29. The number of ether oxygens (including phenoxy) is 1. The summed E-state index contributed by atoms with van der Waals surface area (Å²) in [7, 11) is 1.29. The summed E-state index contributed by atoms with van der Waals surface area (Å²) in [6, 6.07) is 2.22. The van der Waals surface area contributed by atoms with Crippen LogP contribution in [-0.4, -0.2) is 85.4 Å². The number of benzene rings is 1. The van der Waals surface area contributed by atoms with E-state index < -0.39 is 65.5 Å². The number of carbonyl (C=O) groups is 7. The topological polar surface area (TPSA) is 232 Å². The third-order valence-corrected chi connectivity index (χ3v) is 6.19. The highest BCUT2D eigenvalue weighted by atomic mass is 16.5. The minimum Gasteiger partial charge on any atom is -0.469 e. The predicted octanol–water partition coefficient (Wildman–Crippen LogP) is -1.78. The molecule has 0 aromatic heterocycles. The average molecular weight is 585 g/mol. The highest BCUT2D eigenvalue weighted by Gasteiger charge is 2.37. The first-order valence-corrected chi connectivity index (χ1v) is 13.3. The number of nitrogens with one attached hydrogen (secondary N) is 4. The Morgan fingerprint density at radius 2 is 1.57 bits per heavy atom. The van der Waals surface area contributed by atoms with Gasteiger partial charge in [-0.05, 0) is 36.5 Å². The smallest absolute Gasteiger partial charge is 0.312 e. The van der Waals surface area contributed by atoms with Crippen molar-refractivity contribution in [3.63, 3.8) is 0 Å². The molecule has 1 heterocycles. The third-order valence-electron chi connectivity index (χ3n) is 6.19. The largest absolute Gasteiger partial charge is 0.469 e. The van der Waals surface area contributed by atoms with Crippen molar-refractivity contribution in [2.75, 3.05) is 18.4 Å². The van der Waals surface area contributed by atoms with E-state index >= 15 is 0 Å². The molecular formula is C26H36BN7O8. The lowest BCUT2D eigenvalue weighted by atomic mass is 10.0. The molecule has 42 heavy (non-hydrogen) atoms. The highest BCUT2D eigenvalue weighted by Crippen LogP contribution is 2.14. The Balaban J connectivity index is 2.15. The molecule has 3 atom stereocenters. The third kappa shape index (κ3) is 10.0. The molecule has 0 radical (unpaired) electrons. The number of rotatable bonds is 15. The van der Waals surface area contributed by atoms with E-state index in [1.165, 1.54) is 7.85 Å². The molecule has 1 aromatic rings. The van der Waals surface area contributed by atoms with Crippen molar-refractivity contribution >= 4 is 55.0 Å². The quantitative estimate of drug-likeness (QED) is 0.0775. The fraction of sp³-hybridized carbons (Fsp3) is 0.423. The molecule has 1 aromatic carbocycles. The maximum Gasteiger partial charge on any atom is 0.312 e. The summed E-state index contributed by atoms with van der Waals surface area (Å²) in [6.07, 6.45) is 2.43. The van der Waals surface area contributed by atoms with Crippen LogP contribution in [0.1, 0.15) is 32.3 Å². The van der Waals surface area contributed by atoms with E-state index in [-0.39, 0.29) is 32.5 Å². The van der Waals surface area contributed by atoms with Crippen LogP contribution in [0.5, 0.6) is 0 Å². The second-order valence-electron chi connectivity index (χ2n) is 9.82. The number of anilines is 1. The van der Waals surface area contributed by atoms with Gasteiger partial charge in [-0.25, -0.2) is 4.79 Å². The molecule has 2 rings (SSSR count). The minimum atomic E-state index is -1.34. The van der Waals surface area contributed by atoms with Crippen molar-refractivity contribution in [3.8, 4) is 0 Å². The predicted molar refractivity (Wildman–Crippen MR) is 153 cm³/mol. The van der Waals surface area contributed by atoms with E-state index in [0.29, 0.717) is 16.2 Å². The van der Waals surface area contributed by atoms with Gasteiger partial charge in [-0.1, -0.05) is 26.0 Å². The molecule has 0 saturated heterocycles. The van der Waals surface area contributed by atoms with Crippen LogP contribution in [0.3, 0.4) is 0 Å². The summed E-state index contributed by atoms with van der Waals surface area (Å²) in [6.45, 7) is 3.18. The van der Waals surface area contributed by atoms with Gasteiger partial charge in [0.05, 0.1) is 0 Å². The standard InChI is InChI=1S/C26H36BN7O8/c1-14(2)21(33-23(38)18(12-28)34-19(35)9-10-20(34)36)24(39)32-17(4-3-11-30-26(29)41)22(37)31-16-7-5-15(6-8-16)13-42-25(27)40/h5-10,14,17-18,21H,3-4,11-13,27-28H2,1-2H3,(H,31,37)(H,32,39)(H,33,38)(H3,29,30,41)/t17-,18?,21?/m0/s1. The van der Waals surface area contributed by atoms with Gasteiger partial charge >= 0.3 is 6.03 Å². The summed E-state index contributed by atoms with van der Waals surface area (Å²) < 4.78 is 4.94. The molecule has 7 amide bonds. The van der Waals surface area contributed by atoms with E-state index in [1.54, 1.807) is 38.1 Å². The number of primary amides is 1. The summed E-state index contributed by atoms with van der Waals surface area (Å²) in [5, 5.41) is 10.3. The first-order valence-electron chi connectivity index (χ1n) is 13.3. The summed E-state index contributed by atoms with van der Waals surface area (Å²) in [4.78, 5) is 86.4. The Bertz CT molecular complexity index is 1200. The molecule has 0 saturated carbocycles. The fourth-order valence-corrected chi connectivity index (χ4v) is 3.98. The molecule has 0 fully saturated rings. The molecule has 8 N–H and O–H groups in total. The van der Waals surface area contributed by atoms with Gasteiger partial charge in [-0.2, -0.15) is 0 Å². The van der Waals surface area contributed by atoms with Gasteiger partial charge in [0.2, 0.25) is 31.4 Å². The number of amides is 7. The highest BCUT2D eigenvalue weighted by molar-refractivity contribution is 6.55. The van der Waals surface area contributed by atoms with Crippen molar-refractivity contribution in [3.05, 3.63) is 42.0 Å². The Labute approximate surface area is 243 Å². The van der Waals surface area contributed by atoms with Crippen LogP contribution in [0.4, 0.5) is 15.3 Å². The molecule has 0 spiro atoms. The average Bonchev–Trinajstić information content (AvgIpc) is 3.25. The van der Waals surface area contributed by atoms with Gasteiger partial charge in [-0.15, -0.1) is 0 Å². The lowest BCUT2D eigenvalue weighted by Crippen LogP contribution is -2.60. The van der Waals surface area contributed by atoms with Gasteiger partial charge < -0.3 is 37.5 Å². The van der Waals surface area contributed by atoms with Crippen LogP contribution in [0, 0.1) is 5.92 Å². The molecule has 0 bridgehead atoms. The molecule has 226 valence electrons. The molecule has 2 unspecified atom stereocenters. The number of nitrogens with two attached hydrogens (primary N) is 2. The van der Waals surface area contributed by atoms with Crippen molar-refractivity contribution in [2.24, 2.45) is 17.4 Å². The fourth-order valence-electron chi connectivity index (χ4n) is 3.98. The van der Waals surface area contributed by atoms with Gasteiger partial charge in [0, 0.05) is 30.9 Å². The van der Waals surface area contributed by atoms with Crippen LogP contribution in [0.2, 0.25) is 0 Å². The monoisotopic (exact) mass is 585 g/mol. The zero-order chi connectivity index (χ0) is 31.4. The van der Waals surface area contributed by atoms with E-state index in [4.69, 9.17) is 16.2 Å². The Kier molecular flexibility index (Phi) is 12.7. The van der Waals surface area contributed by atoms with Crippen LogP contribution in [-0.2, 0) is 35.3 Å². The van der Waals surface area contributed by atoms with Gasteiger partial charge in [0.25, 0.3) is 11.8 Å². The minimum absolute atomic E-state index is 0.0685. The zero-order valence-electron chi connectivity index (χ0n) is 23.7. The van der Waals surface area contributed by atoms with E-state index in [0.717, 1.165) is 12.2 Å². The second-order valence-corrected chi connectivity index (χ2v) is 9.82. The summed E-state index contributed by atoms with van der Waals surface area (Å²) in [5.41, 5.74) is 11.9. The molecule has 16 heteroatoms. The summed E-state index contributed by atoms with van der Waals surface area (Å²) in [5.74, 6) is -4.35. The molecule has 1 aliphatic rings. The van der Waals surface area contributed by atoms with Gasteiger partial charge in [0.15, 0.2) is 0 Å². The first-order chi connectivity index (χ1) is 19.8. The number of nitrogens with zero attached hydrogens (tertiary/aromatic N) is 1. The number of imide groups is 1. The first kappa shape index (κ1) is 33.5. The lowest BCUT2D eigenvalue weighted by molar-refractivity contribution is -0.145. The van der Waals surface area contributed by atoms with Crippen LogP contribution < -0.4 is 32.7 Å². The van der Waals surface area contributed by atoms with Gasteiger partial charge in [0.1, 0.15) is 24.7 Å². The Morgan fingerprint density at radius 1 is 0.952 bits per heavy atom. The number of hydrogen-bond acceptors (Lipinski definition) is 9. The van der Waals surface area contributed by atoms with Crippen LogP contribution >= 0.6 is 0 Å². The maximum absolute atomic E-state index is 13.3. The van der Waals surface area contributed by atoms with E-state index in [2.05, 4.69) is 21.3 Å². The second kappa shape index (κ2) is 15.9. The van der Waals surface area contributed by atoms with Crippen molar-refractivity contribution in [2.45, 2.75) is 51.4 Å². The maximum atomic E-state index is 13.3. The Morgan fingerprint density at radius 3 is 2.10 bits per heavy atom. The molecule has 0 aliphatic carbocycles. The van der Waals surface area contributed by atoms with Crippen LogP contribution in [0.25, 0.3) is 0 Å². The van der Waals surface area contributed by atoms with Gasteiger partial charge in [-0.3, -0.25) is 33.7 Å². The molecule has 1 aliphatic heterocycles. The summed E-state index contributed by atoms with van der Waals surface area (Å²) >= 11 is 0. The van der Waals surface area contributed by atoms with E-state index in [9.17, 15) is 33.6 Å². The molecular weight excluding hydrogens is 549 g/mol. The van der Waals surface area contributed by atoms with Crippen molar-refractivity contribution in [1.29, 1.82) is 0 Å². The van der Waals surface area contributed by atoms with Crippen molar-refractivity contribution < 1.29 is 38.3 Å². The zero-order valence-corrected chi connectivity index (χ0v) is 23.7. The number of carbonyl (C=O) groups excluding carboxylic acids is 7. The number of urea groups is 1. The van der Waals surface area contributed by atoms with E-state index in [1.807, 2.05) is 0 Å². The SMILES string of the molecule is BC(=O)OCc1ccc(NC(=O)[C@H](CCCNC(N)=O)NC(=O)C(NC(=O)C(CN)N2C(=O)C=CC2=O)C(C)C)cc1. The Hall–Kier alpha value is -4.73.